The second-order valence-corrected chi connectivity index (χ2v) is 6.29. The van der Waals surface area contributed by atoms with Crippen molar-refractivity contribution in [2.24, 2.45) is 11.7 Å². The van der Waals surface area contributed by atoms with E-state index in [0.717, 1.165) is 12.8 Å². The molecule has 1 amide bonds. The highest BCUT2D eigenvalue weighted by Crippen LogP contribution is 2.37. The summed E-state index contributed by atoms with van der Waals surface area (Å²) in [6, 6.07) is 2.61. The lowest BCUT2D eigenvalue weighted by Gasteiger charge is -2.36. The van der Waals surface area contributed by atoms with Crippen LogP contribution in [0.5, 0.6) is 5.75 Å². The van der Waals surface area contributed by atoms with Gasteiger partial charge < -0.3 is 15.6 Å². The Morgan fingerprint density at radius 3 is 2.50 bits per heavy atom. The zero-order valence-corrected chi connectivity index (χ0v) is 13.9. The summed E-state index contributed by atoms with van der Waals surface area (Å²) >= 11 is 12.1. The minimum atomic E-state index is -0.621. The Balaban J connectivity index is 2.33. The number of aliphatic hydroxyl groups is 1. The fraction of sp³-hybridized carbons (Fsp3) is 0.533. The number of hydrogen-bond acceptors (Lipinski definition) is 4. The molecule has 1 aliphatic rings. The molecule has 7 heteroatoms. The standard InChI is InChI=1S/C15H20Cl2N2O3/c1-22-13-7-12(17)11(16)6-10(13)14(15(18)21)19-4-2-9(8-20)3-5-19/h6-7,9,14,20H,2-5,8H2,1H3,(H2,18,21). The third kappa shape index (κ3) is 3.66. The van der Waals surface area contributed by atoms with Gasteiger partial charge in [-0.15, -0.1) is 0 Å². The monoisotopic (exact) mass is 346 g/mol. The van der Waals surface area contributed by atoms with Crippen LogP contribution in [0, 0.1) is 5.92 Å². The van der Waals surface area contributed by atoms with E-state index in [9.17, 15) is 9.90 Å². The number of carbonyl (C=O) groups excluding carboxylic acids is 1. The second kappa shape index (κ2) is 7.51. The van der Waals surface area contributed by atoms with Crippen molar-refractivity contribution in [1.82, 2.24) is 4.90 Å². The Morgan fingerprint density at radius 1 is 1.41 bits per heavy atom. The number of ether oxygens (including phenoxy) is 1. The molecule has 0 radical (unpaired) electrons. The average Bonchev–Trinajstić information content (AvgIpc) is 2.51. The SMILES string of the molecule is COc1cc(Cl)c(Cl)cc1C(C(N)=O)N1CCC(CO)CC1. The lowest BCUT2D eigenvalue weighted by molar-refractivity contribution is -0.124. The predicted molar refractivity (Wildman–Crippen MR) is 86.3 cm³/mol. The minimum absolute atomic E-state index is 0.172. The Bertz CT molecular complexity index is 546. The molecule has 2 rings (SSSR count). The number of piperidine rings is 1. The molecule has 0 aromatic heterocycles. The average molecular weight is 347 g/mol. The maximum Gasteiger partial charge on any atom is 0.239 e. The molecule has 3 N–H and O–H groups in total. The van der Waals surface area contributed by atoms with Gasteiger partial charge in [-0.1, -0.05) is 23.2 Å². The molecule has 1 unspecified atom stereocenters. The van der Waals surface area contributed by atoms with Crippen LogP contribution < -0.4 is 10.5 Å². The van der Waals surface area contributed by atoms with E-state index in [-0.39, 0.29) is 12.5 Å². The number of nitrogens with zero attached hydrogens (tertiary/aromatic N) is 1. The lowest BCUT2D eigenvalue weighted by atomic mass is 9.94. The molecule has 0 spiro atoms. The summed E-state index contributed by atoms with van der Waals surface area (Å²) in [5.74, 6) is 0.307. The van der Waals surface area contributed by atoms with Crippen LogP contribution in [0.1, 0.15) is 24.4 Å². The summed E-state index contributed by atoms with van der Waals surface area (Å²) in [7, 11) is 1.51. The van der Waals surface area contributed by atoms with E-state index < -0.39 is 11.9 Å². The zero-order chi connectivity index (χ0) is 16.3. The highest BCUT2D eigenvalue weighted by Gasteiger charge is 2.32. The third-order valence-electron chi connectivity index (χ3n) is 4.11. The quantitative estimate of drug-likeness (QED) is 0.857. The molecule has 122 valence electrons. The van der Waals surface area contributed by atoms with E-state index >= 15 is 0 Å². The number of primary amides is 1. The van der Waals surface area contributed by atoms with Crippen LogP contribution in [0.25, 0.3) is 0 Å². The normalized spacial score (nSPS) is 18.2. The van der Waals surface area contributed by atoms with E-state index in [1.807, 2.05) is 4.90 Å². The van der Waals surface area contributed by atoms with Crippen LogP contribution in [0.4, 0.5) is 0 Å². The summed E-state index contributed by atoms with van der Waals surface area (Å²) in [6.45, 7) is 1.54. The molecule has 1 fully saturated rings. The first-order chi connectivity index (χ1) is 10.5. The number of methoxy groups -OCH3 is 1. The van der Waals surface area contributed by atoms with Crippen LogP contribution in [-0.4, -0.2) is 42.7 Å². The number of likely N-dealkylation sites (tertiary alicyclic amines) is 1. The van der Waals surface area contributed by atoms with Gasteiger partial charge in [-0.2, -0.15) is 0 Å². The number of hydrogen-bond donors (Lipinski definition) is 2. The van der Waals surface area contributed by atoms with Crippen LogP contribution in [0.15, 0.2) is 12.1 Å². The third-order valence-corrected chi connectivity index (χ3v) is 4.83. The van der Waals surface area contributed by atoms with Gasteiger partial charge in [-0.25, -0.2) is 0 Å². The maximum absolute atomic E-state index is 12.0. The van der Waals surface area contributed by atoms with E-state index in [0.29, 0.717) is 34.4 Å². The molecular weight excluding hydrogens is 327 g/mol. The lowest BCUT2D eigenvalue weighted by Crippen LogP contribution is -2.43. The number of nitrogens with two attached hydrogens (primary N) is 1. The number of aliphatic hydroxyl groups excluding tert-OH is 1. The molecule has 0 saturated carbocycles. The maximum atomic E-state index is 12.0. The molecule has 1 aliphatic heterocycles. The van der Waals surface area contributed by atoms with Crippen molar-refractivity contribution in [3.05, 3.63) is 27.7 Å². The fourth-order valence-corrected chi connectivity index (χ4v) is 3.18. The summed E-state index contributed by atoms with van der Waals surface area (Å²) in [4.78, 5) is 14.0. The van der Waals surface area contributed by atoms with E-state index in [4.69, 9.17) is 33.7 Å². The molecule has 22 heavy (non-hydrogen) atoms. The molecule has 0 aliphatic carbocycles. The first-order valence-electron chi connectivity index (χ1n) is 7.15. The van der Waals surface area contributed by atoms with Gasteiger partial charge >= 0.3 is 0 Å². The number of benzene rings is 1. The van der Waals surface area contributed by atoms with Crippen molar-refractivity contribution in [3.8, 4) is 5.75 Å². The smallest absolute Gasteiger partial charge is 0.239 e. The minimum Gasteiger partial charge on any atom is -0.496 e. The Morgan fingerprint density at radius 2 is 2.00 bits per heavy atom. The van der Waals surface area contributed by atoms with Crippen molar-refractivity contribution < 1.29 is 14.6 Å². The van der Waals surface area contributed by atoms with Gasteiger partial charge in [-0.3, -0.25) is 9.69 Å². The van der Waals surface area contributed by atoms with Crippen molar-refractivity contribution >= 4 is 29.1 Å². The van der Waals surface area contributed by atoms with Crippen LogP contribution in [-0.2, 0) is 4.79 Å². The van der Waals surface area contributed by atoms with Crippen LogP contribution in [0.3, 0.4) is 0 Å². The fourth-order valence-electron chi connectivity index (χ4n) is 2.86. The Kier molecular flexibility index (Phi) is 5.92. The highest BCUT2D eigenvalue weighted by molar-refractivity contribution is 6.42. The van der Waals surface area contributed by atoms with Gasteiger partial charge in [-0.05, 0) is 37.9 Å². The molecular formula is C15H20Cl2N2O3. The van der Waals surface area contributed by atoms with Crippen molar-refractivity contribution in [2.75, 3.05) is 26.8 Å². The number of amides is 1. The van der Waals surface area contributed by atoms with Gasteiger partial charge in [0.2, 0.25) is 5.91 Å². The van der Waals surface area contributed by atoms with E-state index in [1.165, 1.54) is 7.11 Å². The summed E-state index contributed by atoms with van der Waals surface area (Å²) in [6.07, 6.45) is 1.65. The van der Waals surface area contributed by atoms with Gasteiger partial charge in [0.15, 0.2) is 0 Å². The number of carbonyl (C=O) groups is 1. The Labute approximate surface area is 139 Å². The molecule has 1 atom stereocenters. The molecule has 1 saturated heterocycles. The van der Waals surface area contributed by atoms with Gasteiger partial charge in [0.05, 0.1) is 17.2 Å². The van der Waals surface area contributed by atoms with Crippen LogP contribution in [0.2, 0.25) is 10.0 Å². The summed E-state index contributed by atoms with van der Waals surface area (Å²) in [5.41, 5.74) is 6.23. The number of rotatable bonds is 5. The van der Waals surface area contributed by atoms with Crippen molar-refractivity contribution in [2.45, 2.75) is 18.9 Å². The second-order valence-electron chi connectivity index (χ2n) is 5.48. The topological polar surface area (TPSA) is 75.8 Å². The predicted octanol–water partition coefficient (Wildman–Crippen LogP) is 2.23. The van der Waals surface area contributed by atoms with E-state index in [1.54, 1.807) is 12.1 Å². The van der Waals surface area contributed by atoms with Gasteiger partial charge in [0.1, 0.15) is 11.8 Å². The number of halogens is 2. The Hall–Kier alpha value is -1.01. The highest BCUT2D eigenvalue weighted by atomic mass is 35.5. The van der Waals surface area contributed by atoms with Crippen LogP contribution >= 0.6 is 23.2 Å². The van der Waals surface area contributed by atoms with Gasteiger partial charge in [0.25, 0.3) is 0 Å². The largest absolute Gasteiger partial charge is 0.496 e. The molecule has 1 aromatic carbocycles. The van der Waals surface area contributed by atoms with E-state index in [2.05, 4.69) is 0 Å². The van der Waals surface area contributed by atoms with Crippen molar-refractivity contribution in [1.29, 1.82) is 0 Å². The summed E-state index contributed by atoms with van der Waals surface area (Å²) < 4.78 is 5.33. The first-order valence-corrected chi connectivity index (χ1v) is 7.90. The summed E-state index contributed by atoms with van der Waals surface area (Å²) in [5, 5.41) is 9.95. The van der Waals surface area contributed by atoms with Gasteiger partial charge in [0, 0.05) is 18.2 Å². The molecule has 1 heterocycles. The molecule has 5 nitrogen and oxygen atoms in total. The van der Waals surface area contributed by atoms with Crippen molar-refractivity contribution in [3.63, 3.8) is 0 Å². The molecule has 1 aromatic rings. The first kappa shape index (κ1) is 17.3. The zero-order valence-electron chi connectivity index (χ0n) is 12.4. The molecule has 0 bridgehead atoms.